The van der Waals surface area contributed by atoms with E-state index in [4.69, 9.17) is 9.47 Å². The van der Waals surface area contributed by atoms with E-state index in [1.165, 1.54) is 0 Å². The van der Waals surface area contributed by atoms with Gasteiger partial charge in [-0.15, -0.1) is 11.3 Å². The Balaban J connectivity index is 1.30. The first-order valence-corrected chi connectivity index (χ1v) is 11.1. The van der Waals surface area contributed by atoms with E-state index in [1.54, 1.807) is 11.3 Å². The first-order valence-electron chi connectivity index (χ1n) is 10.3. The van der Waals surface area contributed by atoms with Gasteiger partial charge in [-0.2, -0.15) is 0 Å². The first-order chi connectivity index (χ1) is 14.5. The third kappa shape index (κ3) is 4.63. The summed E-state index contributed by atoms with van der Waals surface area (Å²) in [6, 6.07) is 9.78. The highest BCUT2D eigenvalue weighted by Crippen LogP contribution is 2.23. The van der Waals surface area contributed by atoms with Crippen LogP contribution in [0.1, 0.15) is 46.0 Å². The number of ketones is 1. The molecule has 1 aliphatic rings. The number of ether oxygens (including phenoxy) is 2. The van der Waals surface area contributed by atoms with E-state index in [0.717, 1.165) is 52.6 Å². The van der Waals surface area contributed by atoms with Crippen molar-refractivity contribution in [3.05, 3.63) is 52.3 Å². The highest BCUT2D eigenvalue weighted by atomic mass is 32.1. The Kier molecular flexibility index (Phi) is 6.29. The molecule has 0 spiro atoms. The molecule has 4 rings (SSSR count). The number of hydrogen-bond acceptors (Lipinski definition) is 6. The van der Waals surface area contributed by atoms with Gasteiger partial charge in [-0.25, -0.2) is 4.98 Å². The molecule has 3 heterocycles. The molecule has 3 aromatic rings. The molecular weight excluding hydrogens is 400 g/mol. The summed E-state index contributed by atoms with van der Waals surface area (Å²) >= 11 is 1.58. The molecule has 0 aliphatic carbocycles. The van der Waals surface area contributed by atoms with Crippen LogP contribution in [-0.2, 0) is 27.2 Å². The summed E-state index contributed by atoms with van der Waals surface area (Å²) in [5, 5.41) is 0.900. The molecular formula is C23H26N2O4S. The number of benzene rings is 1. The fourth-order valence-corrected chi connectivity index (χ4v) is 4.85. The van der Waals surface area contributed by atoms with Gasteiger partial charge >= 0.3 is 5.97 Å². The Morgan fingerprint density at radius 3 is 2.90 bits per heavy atom. The molecule has 1 aliphatic heterocycles. The van der Waals surface area contributed by atoms with Crippen LogP contribution in [0.15, 0.2) is 30.3 Å². The molecule has 0 bridgehead atoms. The number of esters is 1. The van der Waals surface area contributed by atoms with E-state index in [2.05, 4.69) is 9.55 Å². The van der Waals surface area contributed by atoms with E-state index in [9.17, 15) is 9.59 Å². The quantitative estimate of drug-likeness (QED) is 0.398. The topological polar surface area (TPSA) is 70.4 Å². The minimum absolute atomic E-state index is 0.171. The molecule has 0 radical (unpaired) electrons. The van der Waals surface area contributed by atoms with Crippen LogP contribution in [0, 0.1) is 13.8 Å². The van der Waals surface area contributed by atoms with Crippen molar-refractivity contribution in [2.75, 3.05) is 13.2 Å². The van der Waals surface area contributed by atoms with Crippen LogP contribution in [0.4, 0.5) is 0 Å². The lowest BCUT2D eigenvalue weighted by Gasteiger charge is -2.14. The predicted octanol–water partition coefficient (Wildman–Crippen LogP) is 4.25. The molecule has 0 amide bonds. The lowest BCUT2D eigenvalue weighted by atomic mass is 10.1. The Labute approximate surface area is 179 Å². The van der Waals surface area contributed by atoms with Gasteiger partial charge in [-0.1, -0.05) is 12.1 Å². The lowest BCUT2D eigenvalue weighted by molar-refractivity contribution is -0.142. The van der Waals surface area contributed by atoms with Gasteiger partial charge < -0.3 is 14.0 Å². The molecule has 2 aromatic heterocycles. The van der Waals surface area contributed by atoms with Crippen LogP contribution in [0.5, 0.6) is 0 Å². The van der Waals surface area contributed by atoms with Crippen molar-refractivity contribution in [2.45, 2.75) is 52.2 Å². The zero-order chi connectivity index (χ0) is 21.1. The van der Waals surface area contributed by atoms with Gasteiger partial charge in [0.05, 0.1) is 27.7 Å². The van der Waals surface area contributed by atoms with E-state index in [0.29, 0.717) is 12.0 Å². The van der Waals surface area contributed by atoms with Crippen molar-refractivity contribution < 1.29 is 19.1 Å². The monoisotopic (exact) mass is 426 g/mol. The van der Waals surface area contributed by atoms with Crippen LogP contribution in [-0.4, -0.2) is 40.6 Å². The Bertz CT molecular complexity index is 1030. The second-order valence-corrected chi connectivity index (χ2v) is 8.80. The van der Waals surface area contributed by atoms with Crippen molar-refractivity contribution in [3.8, 4) is 0 Å². The van der Waals surface area contributed by atoms with Crippen molar-refractivity contribution >= 4 is 33.3 Å². The smallest absolute Gasteiger partial charge is 0.306 e. The van der Waals surface area contributed by atoms with Gasteiger partial charge in [0.2, 0.25) is 5.78 Å². The third-order valence-electron chi connectivity index (χ3n) is 5.53. The maximum Gasteiger partial charge on any atom is 0.306 e. The first kappa shape index (κ1) is 20.8. The highest BCUT2D eigenvalue weighted by molar-refractivity contribution is 7.18. The summed E-state index contributed by atoms with van der Waals surface area (Å²) in [5.74, 6) is -0.550. The second-order valence-electron chi connectivity index (χ2n) is 7.69. The summed E-state index contributed by atoms with van der Waals surface area (Å²) in [5.41, 5.74) is 3.48. The number of fused-ring (bicyclic) bond motifs is 1. The van der Waals surface area contributed by atoms with Crippen molar-refractivity contribution in [3.63, 3.8) is 0 Å². The minimum Gasteiger partial charge on any atom is -0.457 e. The summed E-state index contributed by atoms with van der Waals surface area (Å²) in [4.78, 5) is 29.3. The fourth-order valence-electron chi connectivity index (χ4n) is 3.89. The van der Waals surface area contributed by atoms with Gasteiger partial charge in [0.1, 0.15) is 0 Å². The molecule has 1 saturated heterocycles. The van der Waals surface area contributed by atoms with Crippen molar-refractivity contribution in [2.24, 2.45) is 0 Å². The van der Waals surface area contributed by atoms with Gasteiger partial charge in [-0.3, -0.25) is 9.59 Å². The largest absolute Gasteiger partial charge is 0.457 e. The molecule has 6 nitrogen and oxygen atoms in total. The number of Topliss-reactive ketones (excluding diaryl/α,β-unsaturated/α-hetero) is 1. The second kappa shape index (κ2) is 9.10. The summed E-state index contributed by atoms with van der Waals surface area (Å²) in [6.07, 6.45) is 3.07. The molecule has 1 atom stereocenters. The molecule has 158 valence electrons. The molecule has 0 N–H and O–H groups in total. The molecule has 30 heavy (non-hydrogen) atoms. The van der Waals surface area contributed by atoms with E-state index >= 15 is 0 Å². The molecule has 7 heteroatoms. The molecule has 1 fully saturated rings. The van der Waals surface area contributed by atoms with Crippen LogP contribution < -0.4 is 0 Å². The van der Waals surface area contributed by atoms with E-state index in [1.807, 2.05) is 44.2 Å². The summed E-state index contributed by atoms with van der Waals surface area (Å²) in [7, 11) is 0. The zero-order valence-electron chi connectivity index (χ0n) is 17.3. The van der Waals surface area contributed by atoms with Crippen LogP contribution in [0.2, 0.25) is 0 Å². The average Bonchev–Trinajstić information content (AvgIpc) is 3.46. The van der Waals surface area contributed by atoms with Crippen LogP contribution in [0.3, 0.4) is 0 Å². The number of aryl methyl sites for hydroxylation is 2. The van der Waals surface area contributed by atoms with Gasteiger partial charge in [0.15, 0.2) is 6.61 Å². The molecule has 0 unspecified atom stereocenters. The fraction of sp³-hybridized carbons (Fsp3) is 0.435. The summed E-state index contributed by atoms with van der Waals surface area (Å²) in [6.45, 7) is 5.26. The summed E-state index contributed by atoms with van der Waals surface area (Å²) < 4.78 is 14.2. The Hall–Kier alpha value is -2.51. The maximum absolute atomic E-state index is 12.6. The Morgan fingerprint density at radius 1 is 1.30 bits per heavy atom. The predicted molar refractivity (Wildman–Crippen MR) is 116 cm³/mol. The van der Waals surface area contributed by atoms with Gasteiger partial charge in [0.25, 0.3) is 0 Å². The number of para-hydroxylation sites is 1. The normalized spacial score (nSPS) is 16.3. The standard InChI is InChI=1S/C23H26N2O4S/c1-15-12-18(16(2)25(15)13-17-6-5-11-28-17)20(26)14-29-23(27)10-9-22-24-19-7-3-4-8-21(19)30-22/h3-4,7-8,12,17H,5-6,9-11,13-14H2,1-2H3/t17-/m1/s1. The SMILES string of the molecule is Cc1cc(C(=O)COC(=O)CCc2nc3ccccc3s2)c(C)n1C[C@H]1CCCO1. The lowest BCUT2D eigenvalue weighted by Crippen LogP contribution is -2.18. The average molecular weight is 427 g/mol. The van der Waals surface area contributed by atoms with E-state index < -0.39 is 0 Å². The van der Waals surface area contributed by atoms with Crippen molar-refractivity contribution in [1.82, 2.24) is 9.55 Å². The number of thiazole rings is 1. The zero-order valence-corrected chi connectivity index (χ0v) is 18.2. The number of carbonyl (C=O) groups excluding carboxylic acids is 2. The van der Waals surface area contributed by atoms with Crippen molar-refractivity contribution in [1.29, 1.82) is 0 Å². The molecule has 1 aromatic carbocycles. The number of carbonyl (C=O) groups is 2. The highest BCUT2D eigenvalue weighted by Gasteiger charge is 2.21. The minimum atomic E-state index is -0.379. The van der Waals surface area contributed by atoms with E-state index in [-0.39, 0.29) is 30.9 Å². The number of aromatic nitrogens is 2. The number of rotatable bonds is 8. The third-order valence-corrected chi connectivity index (χ3v) is 6.63. The number of hydrogen-bond donors (Lipinski definition) is 0. The van der Waals surface area contributed by atoms with Crippen LogP contribution >= 0.6 is 11.3 Å². The maximum atomic E-state index is 12.6. The Morgan fingerprint density at radius 2 is 2.13 bits per heavy atom. The van der Waals surface area contributed by atoms with Gasteiger partial charge in [0, 0.05) is 36.5 Å². The van der Waals surface area contributed by atoms with Crippen LogP contribution in [0.25, 0.3) is 10.2 Å². The number of nitrogens with zero attached hydrogens (tertiary/aromatic N) is 2. The van der Waals surface area contributed by atoms with Gasteiger partial charge in [-0.05, 0) is 44.9 Å². The molecule has 0 saturated carbocycles.